The Labute approximate surface area is 270 Å². The van der Waals surface area contributed by atoms with Gasteiger partial charge in [0, 0.05) is 22.2 Å². The van der Waals surface area contributed by atoms with E-state index in [-0.39, 0.29) is 0 Å². The van der Waals surface area contributed by atoms with Crippen LogP contribution in [-0.4, -0.2) is 19.9 Å². The van der Waals surface area contributed by atoms with Crippen molar-refractivity contribution in [1.29, 1.82) is 0 Å². The van der Waals surface area contributed by atoms with Crippen molar-refractivity contribution in [2.24, 2.45) is 0 Å². The first kappa shape index (κ1) is 28.9. The number of benzene rings is 2. The van der Waals surface area contributed by atoms with E-state index in [0.29, 0.717) is 5.56 Å². The summed E-state index contributed by atoms with van der Waals surface area (Å²) in [4.78, 5) is 17.4. The number of nitrogens with zero attached hydrogens (tertiary/aromatic N) is 2. The fourth-order valence-electron chi connectivity index (χ4n) is 6.38. The van der Waals surface area contributed by atoms with E-state index in [4.69, 9.17) is 22.8 Å². The Kier molecular flexibility index (Phi) is 8.19. The topological polar surface area (TPSA) is 57.4 Å². The molecule has 0 saturated heterocycles. The molecule has 0 saturated carbocycles. The van der Waals surface area contributed by atoms with Crippen molar-refractivity contribution in [2.45, 2.75) is 38.5 Å². The molecule has 0 unspecified atom stereocenters. The monoisotopic (exact) mass is 594 g/mol. The second-order valence-electron chi connectivity index (χ2n) is 11.7. The second-order valence-corrected chi connectivity index (χ2v) is 11.7. The number of rotatable bonds is 8. The van der Waals surface area contributed by atoms with E-state index in [2.05, 4.69) is 119 Å². The van der Waals surface area contributed by atoms with Gasteiger partial charge in [-0.1, -0.05) is 72.5 Å². The highest BCUT2D eigenvalue weighted by atomic mass is 14.8. The van der Waals surface area contributed by atoms with Gasteiger partial charge in [-0.3, -0.25) is 0 Å². The van der Waals surface area contributed by atoms with E-state index in [0.717, 1.165) is 100 Å². The maximum absolute atomic E-state index is 6.16. The summed E-state index contributed by atoms with van der Waals surface area (Å²) in [6, 6.07) is 29.5. The zero-order valence-corrected chi connectivity index (χ0v) is 25.7. The molecule has 0 spiro atoms. The van der Waals surface area contributed by atoms with E-state index < -0.39 is 0 Å². The third kappa shape index (κ3) is 5.94. The summed E-state index contributed by atoms with van der Waals surface area (Å²) < 4.78 is 0. The predicted molar refractivity (Wildman–Crippen MR) is 192 cm³/mol. The summed E-state index contributed by atoms with van der Waals surface area (Å²) in [5.74, 6) is 5.85. The lowest BCUT2D eigenvalue weighted by molar-refractivity contribution is 0.820. The lowest BCUT2D eigenvalue weighted by Gasteiger charge is -2.05. The van der Waals surface area contributed by atoms with Gasteiger partial charge in [0.25, 0.3) is 0 Å². The first-order valence-electron chi connectivity index (χ1n) is 15.9. The molecule has 0 atom stereocenters. The van der Waals surface area contributed by atoms with Crippen molar-refractivity contribution < 1.29 is 0 Å². The molecule has 46 heavy (non-hydrogen) atoms. The Bertz CT molecular complexity index is 2070. The van der Waals surface area contributed by atoms with Crippen LogP contribution in [0.1, 0.15) is 69.0 Å². The molecule has 5 heterocycles. The number of hydrogen-bond donors (Lipinski definition) is 2. The average Bonchev–Trinajstić information content (AvgIpc) is 3.92. The van der Waals surface area contributed by atoms with E-state index >= 15 is 0 Å². The molecule has 222 valence electrons. The van der Waals surface area contributed by atoms with Gasteiger partial charge in [-0.25, -0.2) is 9.97 Å². The third-order valence-corrected chi connectivity index (χ3v) is 8.73. The third-order valence-electron chi connectivity index (χ3n) is 8.73. The minimum Gasteiger partial charge on any atom is -0.354 e. The largest absolute Gasteiger partial charge is 0.354 e. The highest BCUT2D eigenvalue weighted by Gasteiger charge is 2.16. The molecule has 7 rings (SSSR count). The van der Waals surface area contributed by atoms with Gasteiger partial charge >= 0.3 is 0 Å². The number of aromatic amines is 2. The first-order valence-corrected chi connectivity index (χ1v) is 15.9. The smallest absolute Gasteiger partial charge is 0.0816 e. The van der Waals surface area contributed by atoms with Gasteiger partial charge < -0.3 is 9.97 Å². The lowest BCUT2D eigenvalue weighted by atomic mass is 10.0. The lowest BCUT2D eigenvalue weighted by Crippen LogP contribution is -1.96. The minimum absolute atomic E-state index is 0.694. The number of aromatic nitrogens is 4. The van der Waals surface area contributed by atoms with Crippen LogP contribution in [-0.2, 0) is 25.7 Å². The van der Waals surface area contributed by atoms with E-state index in [1.54, 1.807) is 0 Å². The molecule has 2 aromatic carbocycles. The van der Waals surface area contributed by atoms with Crippen LogP contribution < -0.4 is 0 Å². The zero-order valence-electron chi connectivity index (χ0n) is 25.7. The van der Waals surface area contributed by atoms with Gasteiger partial charge in [0.2, 0.25) is 0 Å². The second kappa shape index (κ2) is 13.0. The van der Waals surface area contributed by atoms with Crippen molar-refractivity contribution in [1.82, 2.24) is 19.9 Å². The predicted octanol–water partition coefficient (Wildman–Crippen LogP) is 8.97. The molecular formula is C42H34N4. The summed E-state index contributed by atoms with van der Waals surface area (Å²) in [6.07, 6.45) is 26.0. The molecule has 2 aliphatic rings. The number of fused-ring (bicyclic) bond motifs is 8. The van der Waals surface area contributed by atoms with E-state index in [9.17, 15) is 0 Å². The van der Waals surface area contributed by atoms with E-state index in [1.165, 1.54) is 11.1 Å². The molecule has 4 heteroatoms. The summed E-state index contributed by atoms with van der Waals surface area (Å²) in [6.45, 7) is 0. The van der Waals surface area contributed by atoms with Crippen molar-refractivity contribution >= 4 is 46.4 Å². The fourth-order valence-corrected chi connectivity index (χ4v) is 6.38. The summed E-state index contributed by atoms with van der Waals surface area (Å²) >= 11 is 0. The zero-order chi connectivity index (χ0) is 31.3. The number of H-pyrrole nitrogens is 2. The minimum atomic E-state index is 0.694. The van der Waals surface area contributed by atoms with Gasteiger partial charge in [0.15, 0.2) is 0 Å². The van der Waals surface area contributed by atoms with Gasteiger partial charge in [-0.2, -0.15) is 0 Å². The molecule has 0 fully saturated rings. The molecule has 0 amide bonds. The number of nitrogens with one attached hydrogen (secondary N) is 2. The van der Waals surface area contributed by atoms with Crippen LogP contribution in [0.15, 0.2) is 84.9 Å². The van der Waals surface area contributed by atoms with Crippen molar-refractivity contribution in [3.8, 4) is 24.7 Å². The normalized spacial score (nSPS) is 11.8. The quantitative estimate of drug-likeness (QED) is 0.173. The van der Waals surface area contributed by atoms with Gasteiger partial charge in [0.05, 0.1) is 44.9 Å². The Morgan fingerprint density at radius 3 is 1.30 bits per heavy atom. The SMILES string of the molecule is C#Cc1c2nc(c(CCCc3ccccc3)c3ccc([nH]3)c(C#C)c3ccc([nH]3)c(CCCc3ccccc3)c3nc1C=C3)C=C2. The number of terminal acetylenes is 2. The molecule has 2 N–H and O–H groups in total. The van der Waals surface area contributed by atoms with Crippen LogP contribution in [0.5, 0.6) is 0 Å². The van der Waals surface area contributed by atoms with E-state index in [1.807, 2.05) is 12.2 Å². The average molecular weight is 595 g/mol. The Hall–Kier alpha value is -5.84. The van der Waals surface area contributed by atoms with Crippen LogP contribution in [0.4, 0.5) is 0 Å². The van der Waals surface area contributed by atoms with Crippen molar-refractivity contribution in [2.75, 3.05) is 0 Å². The maximum atomic E-state index is 6.16. The summed E-state index contributed by atoms with van der Waals surface area (Å²) in [5.41, 5.74) is 13.5. The maximum Gasteiger partial charge on any atom is 0.0816 e. The highest BCUT2D eigenvalue weighted by Crippen LogP contribution is 2.28. The molecule has 0 radical (unpaired) electrons. The molecular weight excluding hydrogens is 560 g/mol. The van der Waals surface area contributed by atoms with Gasteiger partial charge in [-0.15, -0.1) is 12.8 Å². The van der Waals surface area contributed by atoms with Crippen LogP contribution in [0.2, 0.25) is 0 Å². The molecule has 0 aliphatic carbocycles. The molecule has 4 nitrogen and oxygen atoms in total. The van der Waals surface area contributed by atoms with Gasteiger partial charge in [-0.05, 0) is 98.2 Å². The summed E-state index contributed by atoms with van der Waals surface area (Å²) in [5, 5.41) is 0. The number of aryl methyl sites for hydroxylation is 4. The Morgan fingerprint density at radius 1 is 0.457 bits per heavy atom. The summed E-state index contributed by atoms with van der Waals surface area (Å²) in [7, 11) is 0. The fraction of sp³-hybridized carbons (Fsp3) is 0.143. The van der Waals surface area contributed by atoms with Crippen LogP contribution in [0, 0.1) is 24.7 Å². The Balaban J connectivity index is 1.40. The molecule has 5 aromatic rings. The Morgan fingerprint density at radius 2 is 0.870 bits per heavy atom. The van der Waals surface area contributed by atoms with Crippen LogP contribution in [0.25, 0.3) is 46.4 Å². The molecule has 8 bridgehead atoms. The van der Waals surface area contributed by atoms with Crippen molar-refractivity contribution in [3.05, 3.63) is 141 Å². The van der Waals surface area contributed by atoms with Crippen molar-refractivity contribution in [3.63, 3.8) is 0 Å². The van der Waals surface area contributed by atoms with Crippen LogP contribution >= 0.6 is 0 Å². The standard InChI is InChI=1S/C42H34N4/c1-3-31-35-21-25-39(43-35)33(19-11-17-29-13-7-5-8-14-29)41-27-23-37(45-41)32(4-2)38-24-28-42(46-38)34(40-26-22-36(31)44-40)20-12-18-30-15-9-6-10-16-30/h1-2,5-10,13-16,21-28,43-44H,11-12,17-20H2. The number of hydrogen-bond acceptors (Lipinski definition) is 2. The van der Waals surface area contributed by atoms with Gasteiger partial charge in [0.1, 0.15) is 0 Å². The first-order chi connectivity index (χ1) is 22.7. The highest BCUT2D eigenvalue weighted by molar-refractivity contribution is 5.85. The van der Waals surface area contributed by atoms with Crippen LogP contribution in [0.3, 0.4) is 0 Å². The molecule has 2 aliphatic heterocycles. The molecule has 3 aromatic heterocycles.